The summed E-state index contributed by atoms with van der Waals surface area (Å²) < 4.78 is 0. The zero-order valence-electron chi connectivity index (χ0n) is 9.67. The average Bonchev–Trinajstić information content (AvgIpc) is 2.45. The summed E-state index contributed by atoms with van der Waals surface area (Å²) in [5.41, 5.74) is 1.57. The Kier molecular flexibility index (Phi) is 3.40. The summed E-state index contributed by atoms with van der Waals surface area (Å²) in [6, 6.07) is 1.36. The number of nitrogens with zero attached hydrogens (tertiary/aromatic N) is 1. The van der Waals surface area contributed by atoms with E-state index in [1.165, 1.54) is 12.8 Å². The molecule has 1 aliphatic heterocycles. The first-order chi connectivity index (χ1) is 6.07. The topological polar surface area (TPSA) is 3.24 Å². The van der Waals surface area contributed by atoms with Gasteiger partial charge in [-0.15, -0.1) is 0 Å². The summed E-state index contributed by atoms with van der Waals surface area (Å²) in [5, 5.41) is 0. The zero-order chi connectivity index (χ0) is 10.0. The van der Waals surface area contributed by atoms with Gasteiger partial charge in [0.15, 0.2) is 0 Å². The molecule has 0 aromatic heterocycles. The van der Waals surface area contributed by atoms with Crippen molar-refractivity contribution in [3.8, 4) is 0 Å². The monoisotopic (exact) mass is 181 g/mol. The normalized spacial score (nSPS) is 25.2. The number of allylic oxidation sites excluding steroid dienone is 1. The van der Waals surface area contributed by atoms with E-state index in [-0.39, 0.29) is 0 Å². The Hall–Kier alpha value is -0.460. The van der Waals surface area contributed by atoms with Gasteiger partial charge < -0.3 is 4.90 Å². The van der Waals surface area contributed by atoms with E-state index >= 15 is 0 Å². The third-order valence-corrected chi connectivity index (χ3v) is 3.11. The minimum atomic E-state index is 0.651. The Morgan fingerprint density at radius 1 is 1.46 bits per heavy atom. The lowest BCUT2D eigenvalue weighted by Crippen LogP contribution is -2.35. The highest BCUT2D eigenvalue weighted by Gasteiger charge is 2.26. The average molecular weight is 181 g/mol. The van der Waals surface area contributed by atoms with E-state index in [4.69, 9.17) is 0 Å². The highest BCUT2D eigenvalue weighted by Crippen LogP contribution is 2.30. The van der Waals surface area contributed by atoms with Crippen molar-refractivity contribution in [1.29, 1.82) is 0 Å². The molecule has 2 atom stereocenters. The molecular weight excluding hydrogens is 158 g/mol. The van der Waals surface area contributed by atoms with Crippen LogP contribution in [0.5, 0.6) is 0 Å². The van der Waals surface area contributed by atoms with Crippen molar-refractivity contribution >= 4 is 0 Å². The predicted octanol–water partition coefficient (Wildman–Crippen LogP) is 3.42. The first-order valence-corrected chi connectivity index (χ1v) is 5.56. The first-order valence-electron chi connectivity index (χ1n) is 5.56. The summed E-state index contributed by atoms with van der Waals surface area (Å²) >= 11 is 0. The molecule has 0 radical (unpaired) electrons. The molecule has 1 nitrogen and oxygen atoms in total. The van der Waals surface area contributed by atoms with Gasteiger partial charge in [0, 0.05) is 17.8 Å². The van der Waals surface area contributed by atoms with Crippen molar-refractivity contribution in [3.05, 3.63) is 11.8 Å². The molecule has 0 N–H and O–H groups in total. The van der Waals surface area contributed by atoms with Gasteiger partial charge in [-0.2, -0.15) is 0 Å². The van der Waals surface area contributed by atoms with Crippen LogP contribution in [0.1, 0.15) is 47.5 Å². The van der Waals surface area contributed by atoms with Crippen molar-refractivity contribution in [2.24, 2.45) is 5.92 Å². The maximum Gasteiger partial charge on any atom is 0.0296 e. The van der Waals surface area contributed by atoms with Crippen LogP contribution in [0.3, 0.4) is 0 Å². The van der Waals surface area contributed by atoms with Gasteiger partial charge in [0.25, 0.3) is 0 Å². The fourth-order valence-electron chi connectivity index (χ4n) is 2.24. The van der Waals surface area contributed by atoms with Crippen LogP contribution in [0.2, 0.25) is 0 Å². The molecule has 0 aliphatic carbocycles. The summed E-state index contributed by atoms with van der Waals surface area (Å²) in [5.74, 6) is 0.729. The first kappa shape index (κ1) is 10.6. The van der Waals surface area contributed by atoms with E-state index in [9.17, 15) is 0 Å². The molecule has 1 rings (SSSR count). The van der Waals surface area contributed by atoms with Crippen molar-refractivity contribution < 1.29 is 0 Å². The van der Waals surface area contributed by atoms with Crippen LogP contribution in [0.15, 0.2) is 11.8 Å². The number of hydrogen-bond acceptors (Lipinski definition) is 1. The minimum absolute atomic E-state index is 0.651. The summed E-state index contributed by atoms with van der Waals surface area (Å²) in [4.78, 5) is 2.58. The lowest BCUT2D eigenvalue weighted by molar-refractivity contribution is 0.218. The van der Waals surface area contributed by atoms with Crippen LogP contribution in [-0.2, 0) is 0 Å². The zero-order valence-corrected chi connectivity index (χ0v) is 9.67. The molecule has 1 heteroatoms. The van der Waals surface area contributed by atoms with Crippen molar-refractivity contribution in [2.45, 2.75) is 59.5 Å². The van der Waals surface area contributed by atoms with Crippen molar-refractivity contribution in [3.63, 3.8) is 0 Å². The maximum atomic E-state index is 2.58. The molecule has 13 heavy (non-hydrogen) atoms. The van der Waals surface area contributed by atoms with E-state index in [1.54, 1.807) is 5.70 Å². The van der Waals surface area contributed by atoms with Crippen LogP contribution in [0.25, 0.3) is 0 Å². The largest absolute Gasteiger partial charge is 0.369 e. The Morgan fingerprint density at radius 2 is 2.08 bits per heavy atom. The van der Waals surface area contributed by atoms with Crippen LogP contribution >= 0.6 is 0 Å². The second kappa shape index (κ2) is 4.17. The van der Waals surface area contributed by atoms with Gasteiger partial charge in [0.1, 0.15) is 0 Å². The van der Waals surface area contributed by atoms with Crippen LogP contribution in [0, 0.1) is 5.92 Å². The van der Waals surface area contributed by atoms with Crippen LogP contribution in [-0.4, -0.2) is 17.0 Å². The minimum Gasteiger partial charge on any atom is -0.369 e. The van der Waals surface area contributed by atoms with E-state index in [0.717, 1.165) is 5.92 Å². The molecule has 0 aromatic rings. The third kappa shape index (κ3) is 2.07. The van der Waals surface area contributed by atoms with E-state index in [0.29, 0.717) is 12.1 Å². The second-order valence-corrected chi connectivity index (χ2v) is 4.52. The highest BCUT2D eigenvalue weighted by molar-refractivity contribution is 5.14. The lowest BCUT2D eigenvalue weighted by Gasteiger charge is -2.34. The van der Waals surface area contributed by atoms with Crippen molar-refractivity contribution in [1.82, 2.24) is 4.90 Å². The Morgan fingerprint density at radius 3 is 2.54 bits per heavy atom. The van der Waals surface area contributed by atoms with Gasteiger partial charge in [0.2, 0.25) is 0 Å². The van der Waals surface area contributed by atoms with Gasteiger partial charge in [-0.05, 0) is 39.5 Å². The lowest BCUT2D eigenvalue weighted by atomic mass is 10.0. The molecular formula is C12H23N. The molecule has 0 amide bonds. The van der Waals surface area contributed by atoms with E-state index < -0.39 is 0 Å². The van der Waals surface area contributed by atoms with Gasteiger partial charge >= 0.3 is 0 Å². The molecule has 0 fully saturated rings. The molecule has 0 spiro atoms. The standard InChI is InChI=1S/C12H23N/c1-6-10(4)12-8-7-11(5)13(12)9(2)3/h8-11H,6-7H2,1-5H3. The van der Waals surface area contributed by atoms with Gasteiger partial charge in [-0.1, -0.05) is 19.9 Å². The molecule has 0 saturated heterocycles. The van der Waals surface area contributed by atoms with Gasteiger partial charge in [-0.25, -0.2) is 0 Å². The number of hydrogen-bond donors (Lipinski definition) is 0. The summed E-state index contributed by atoms with van der Waals surface area (Å²) in [7, 11) is 0. The Labute approximate surface area is 82.8 Å². The van der Waals surface area contributed by atoms with Crippen molar-refractivity contribution in [2.75, 3.05) is 0 Å². The fraction of sp³-hybridized carbons (Fsp3) is 0.833. The quantitative estimate of drug-likeness (QED) is 0.645. The third-order valence-electron chi connectivity index (χ3n) is 3.11. The number of rotatable bonds is 3. The highest BCUT2D eigenvalue weighted by atomic mass is 15.2. The predicted molar refractivity (Wildman–Crippen MR) is 58.6 cm³/mol. The summed E-state index contributed by atoms with van der Waals surface area (Å²) in [6.45, 7) is 11.5. The Bertz CT molecular complexity index is 193. The smallest absolute Gasteiger partial charge is 0.0296 e. The molecule has 76 valence electrons. The van der Waals surface area contributed by atoms with Gasteiger partial charge in [-0.3, -0.25) is 0 Å². The second-order valence-electron chi connectivity index (χ2n) is 4.52. The molecule has 0 aromatic carbocycles. The van der Waals surface area contributed by atoms with E-state index in [1.807, 2.05) is 0 Å². The molecule has 1 aliphatic rings. The maximum absolute atomic E-state index is 2.58. The van der Waals surface area contributed by atoms with Crippen LogP contribution in [0.4, 0.5) is 0 Å². The molecule has 1 heterocycles. The molecule has 0 saturated carbocycles. The van der Waals surface area contributed by atoms with Crippen LogP contribution < -0.4 is 0 Å². The Balaban J connectivity index is 2.73. The summed E-state index contributed by atoms with van der Waals surface area (Å²) in [6.07, 6.45) is 4.92. The van der Waals surface area contributed by atoms with E-state index in [2.05, 4.69) is 45.6 Å². The fourth-order valence-corrected chi connectivity index (χ4v) is 2.24. The molecule has 0 bridgehead atoms. The SMILES string of the molecule is CCC(C)C1=CCC(C)N1C(C)C. The van der Waals surface area contributed by atoms with Gasteiger partial charge in [0.05, 0.1) is 0 Å². The molecule has 2 unspecified atom stereocenters.